The Balaban J connectivity index is 1.84. The Kier molecular flexibility index (Phi) is 5.29. The summed E-state index contributed by atoms with van der Waals surface area (Å²) in [5.41, 5.74) is -0.314. The summed E-state index contributed by atoms with van der Waals surface area (Å²) in [7, 11) is 0. The second kappa shape index (κ2) is 6.78. The molecule has 0 unspecified atom stereocenters. The van der Waals surface area contributed by atoms with Crippen LogP contribution in [0.4, 0.5) is 0 Å². The lowest BCUT2D eigenvalue weighted by atomic mass is 9.71. The normalized spacial score (nSPS) is 22.6. The number of carbonyl (C=O) groups is 1. The van der Waals surface area contributed by atoms with Crippen LogP contribution in [0.25, 0.3) is 0 Å². The molecule has 2 heteroatoms. The van der Waals surface area contributed by atoms with Gasteiger partial charge in [-0.05, 0) is 18.3 Å². The molecule has 0 aromatic carbocycles. The third-order valence-corrected chi connectivity index (χ3v) is 5.21. The number of carbonyl (C=O) groups excluding carboxylic acids is 1. The van der Waals surface area contributed by atoms with Crippen molar-refractivity contribution >= 4 is 5.78 Å². The topological polar surface area (TPSA) is 37.3 Å². The van der Waals surface area contributed by atoms with Crippen LogP contribution in [0.1, 0.15) is 78.1 Å². The van der Waals surface area contributed by atoms with Gasteiger partial charge in [0.1, 0.15) is 0 Å². The van der Waals surface area contributed by atoms with E-state index < -0.39 is 0 Å². The Morgan fingerprint density at radius 3 is 2.20 bits per heavy atom. The molecule has 1 N–H and O–H groups in total. The van der Waals surface area contributed by atoms with Gasteiger partial charge in [-0.25, -0.2) is 0 Å². The Morgan fingerprint density at radius 2 is 1.65 bits per heavy atom. The predicted molar refractivity (Wildman–Crippen MR) is 82.6 cm³/mol. The predicted octanol–water partition coefficient (Wildman–Crippen LogP) is 5.18. The van der Waals surface area contributed by atoms with Crippen molar-refractivity contribution in [2.45, 2.75) is 78.1 Å². The molecule has 0 aromatic rings. The SMILES string of the molecule is CC(C)(CC1CCC1)C(=O)/C=C(\O)CC1CCCCC1. The average Bonchev–Trinajstić information content (AvgIpc) is 2.35. The van der Waals surface area contributed by atoms with Crippen LogP contribution in [0.3, 0.4) is 0 Å². The van der Waals surface area contributed by atoms with Crippen LogP contribution >= 0.6 is 0 Å². The van der Waals surface area contributed by atoms with Crippen LogP contribution in [0, 0.1) is 17.3 Å². The Bertz CT molecular complexity index is 358. The molecular formula is C18H30O2. The average molecular weight is 278 g/mol. The number of hydrogen-bond donors (Lipinski definition) is 1. The molecule has 2 saturated carbocycles. The van der Waals surface area contributed by atoms with Crippen molar-refractivity contribution < 1.29 is 9.90 Å². The van der Waals surface area contributed by atoms with E-state index in [1.807, 2.05) is 13.8 Å². The summed E-state index contributed by atoms with van der Waals surface area (Å²) in [4.78, 5) is 12.4. The lowest BCUT2D eigenvalue weighted by molar-refractivity contribution is -0.123. The van der Waals surface area contributed by atoms with E-state index in [9.17, 15) is 9.90 Å². The van der Waals surface area contributed by atoms with E-state index in [1.54, 1.807) is 0 Å². The molecule has 0 amide bonds. The third kappa shape index (κ3) is 4.36. The molecule has 0 aromatic heterocycles. The zero-order chi connectivity index (χ0) is 14.6. The first-order valence-corrected chi connectivity index (χ1v) is 8.41. The zero-order valence-corrected chi connectivity index (χ0v) is 13.2. The number of aliphatic hydroxyl groups excluding tert-OH is 1. The highest BCUT2D eigenvalue weighted by Crippen LogP contribution is 2.38. The molecule has 2 rings (SSSR count). The maximum Gasteiger partial charge on any atom is 0.164 e. The van der Waals surface area contributed by atoms with Gasteiger partial charge in [-0.15, -0.1) is 0 Å². The Hall–Kier alpha value is -0.790. The molecule has 20 heavy (non-hydrogen) atoms. The summed E-state index contributed by atoms with van der Waals surface area (Å²) in [6, 6.07) is 0. The van der Waals surface area contributed by atoms with Crippen molar-refractivity contribution in [3.05, 3.63) is 11.8 Å². The smallest absolute Gasteiger partial charge is 0.164 e. The van der Waals surface area contributed by atoms with E-state index in [4.69, 9.17) is 0 Å². The zero-order valence-electron chi connectivity index (χ0n) is 13.2. The minimum Gasteiger partial charge on any atom is -0.512 e. The first kappa shape index (κ1) is 15.6. The number of rotatable bonds is 6. The van der Waals surface area contributed by atoms with Crippen LogP contribution in [-0.4, -0.2) is 10.9 Å². The summed E-state index contributed by atoms with van der Waals surface area (Å²) in [5, 5.41) is 10.1. The Morgan fingerprint density at radius 1 is 1.05 bits per heavy atom. The molecule has 0 bridgehead atoms. The highest BCUT2D eigenvalue weighted by Gasteiger charge is 2.32. The van der Waals surface area contributed by atoms with Gasteiger partial charge < -0.3 is 5.11 Å². The van der Waals surface area contributed by atoms with Gasteiger partial charge in [-0.3, -0.25) is 4.79 Å². The number of allylic oxidation sites excluding steroid dienone is 2. The van der Waals surface area contributed by atoms with Gasteiger partial charge in [0.15, 0.2) is 5.78 Å². The lowest BCUT2D eigenvalue weighted by Gasteiger charge is -2.33. The monoisotopic (exact) mass is 278 g/mol. The van der Waals surface area contributed by atoms with Gasteiger partial charge in [-0.2, -0.15) is 0 Å². The summed E-state index contributed by atoms with van der Waals surface area (Å²) < 4.78 is 0. The largest absolute Gasteiger partial charge is 0.512 e. The molecule has 0 atom stereocenters. The van der Waals surface area contributed by atoms with Crippen LogP contribution < -0.4 is 0 Å². The fourth-order valence-electron chi connectivity index (χ4n) is 3.61. The van der Waals surface area contributed by atoms with E-state index in [2.05, 4.69) is 0 Å². The fourth-order valence-corrected chi connectivity index (χ4v) is 3.61. The molecule has 2 fully saturated rings. The first-order chi connectivity index (χ1) is 9.47. The molecule has 2 aliphatic carbocycles. The quantitative estimate of drug-likeness (QED) is 0.536. The van der Waals surface area contributed by atoms with E-state index in [-0.39, 0.29) is 11.2 Å². The lowest BCUT2D eigenvalue weighted by Crippen LogP contribution is -2.28. The highest BCUT2D eigenvalue weighted by atomic mass is 16.3. The Labute approximate surface area is 123 Å². The molecule has 2 aliphatic rings. The first-order valence-electron chi connectivity index (χ1n) is 8.41. The summed E-state index contributed by atoms with van der Waals surface area (Å²) in [5.74, 6) is 1.73. The summed E-state index contributed by atoms with van der Waals surface area (Å²) in [6.45, 7) is 4.05. The van der Waals surface area contributed by atoms with Crippen molar-refractivity contribution in [2.75, 3.05) is 0 Å². The van der Waals surface area contributed by atoms with E-state index >= 15 is 0 Å². The van der Waals surface area contributed by atoms with Crippen LogP contribution in [-0.2, 0) is 4.79 Å². The molecule has 114 valence electrons. The highest BCUT2D eigenvalue weighted by molar-refractivity contribution is 5.94. The maximum atomic E-state index is 12.4. The minimum atomic E-state index is -0.314. The van der Waals surface area contributed by atoms with E-state index in [0.717, 1.165) is 12.3 Å². The third-order valence-electron chi connectivity index (χ3n) is 5.21. The van der Waals surface area contributed by atoms with Gasteiger partial charge in [0, 0.05) is 17.9 Å². The molecule has 0 radical (unpaired) electrons. The van der Waals surface area contributed by atoms with Crippen molar-refractivity contribution in [1.29, 1.82) is 0 Å². The molecule has 0 aliphatic heterocycles. The van der Waals surface area contributed by atoms with Gasteiger partial charge in [0.2, 0.25) is 0 Å². The summed E-state index contributed by atoms with van der Waals surface area (Å²) >= 11 is 0. The van der Waals surface area contributed by atoms with Crippen LogP contribution in [0.15, 0.2) is 11.8 Å². The fraction of sp³-hybridized carbons (Fsp3) is 0.833. The van der Waals surface area contributed by atoms with Crippen molar-refractivity contribution in [3.63, 3.8) is 0 Å². The van der Waals surface area contributed by atoms with E-state index in [0.29, 0.717) is 18.1 Å². The molecule has 2 nitrogen and oxygen atoms in total. The van der Waals surface area contributed by atoms with Gasteiger partial charge in [0.05, 0.1) is 5.76 Å². The van der Waals surface area contributed by atoms with Crippen LogP contribution in [0.2, 0.25) is 0 Å². The second-order valence-electron chi connectivity index (χ2n) is 7.59. The molecule has 0 saturated heterocycles. The summed E-state index contributed by atoms with van der Waals surface area (Å²) in [6.07, 6.45) is 13.3. The molecule has 0 spiro atoms. The van der Waals surface area contributed by atoms with E-state index in [1.165, 1.54) is 57.4 Å². The molecule has 0 heterocycles. The van der Waals surface area contributed by atoms with Crippen molar-refractivity contribution in [1.82, 2.24) is 0 Å². The van der Waals surface area contributed by atoms with Gasteiger partial charge in [-0.1, -0.05) is 65.2 Å². The van der Waals surface area contributed by atoms with Crippen LogP contribution in [0.5, 0.6) is 0 Å². The van der Waals surface area contributed by atoms with Gasteiger partial charge in [0.25, 0.3) is 0 Å². The van der Waals surface area contributed by atoms with Gasteiger partial charge >= 0.3 is 0 Å². The minimum absolute atomic E-state index is 0.109. The molecular weight excluding hydrogens is 248 g/mol. The van der Waals surface area contributed by atoms with Crippen molar-refractivity contribution in [2.24, 2.45) is 17.3 Å². The number of aliphatic hydroxyl groups is 1. The number of hydrogen-bond acceptors (Lipinski definition) is 2. The standard InChI is InChI=1S/C18H30O2/c1-18(2,13-15-9-6-10-15)17(20)12-16(19)11-14-7-4-3-5-8-14/h12,14-15,19H,3-11,13H2,1-2H3/b16-12-. The number of ketones is 1. The maximum absolute atomic E-state index is 12.4. The van der Waals surface area contributed by atoms with Crippen molar-refractivity contribution in [3.8, 4) is 0 Å². The second-order valence-corrected chi connectivity index (χ2v) is 7.59.